The number of rotatable bonds is 4. The van der Waals surface area contributed by atoms with Crippen LogP contribution in [0.25, 0.3) is 27.7 Å². The SMILES string of the molecule is CCOC(=O)c1ccc(-c2ccc([C@H]3Nc4ccc5ccccc5c4C4=C3C(=O)CC(C)(C)C4)o2)cc1. The van der Waals surface area contributed by atoms with Crippen molar-refractivity contribution in [2.75, 3.05) is 11.9 Å². The molecule has 2 heterocycles. The van der Waals surface area contributed by atoms with E-state index in [0.717, 1.165) is 45.2 Å². The summed E-state index contributed by atoms with van der Waals surface area (Å²) in [6.07, 6.45) is 1.34. The summed E-state index contributed by atoms with van der Waals surface area (Å²) in [7, 11) is 0. The Hall–Kier alpha value is -4.12. The molecule has 2 aliphatic rings. The van der Waals surface area contributed by atoms with Crippen molar-refractivity contribution >= 4 is 33.8 Å². The van der Waals surface area contributed by atoms with Crippen LogP contribution < -0.4 is 5.32 Å². The molecule has 0 unspecified atom stereocenters. The number of Topliss-reactive ketones (excluding diaryl/α,β-unsaturated/α-hetero) is 1. The standard InChI is InChI=1S/C32H29NO4/c1-4-36-31(35)21-11-9-20(10-12-21)26-15-16-27(37-26)30-29-23(17-32(2,3)18-25(29)34)28-22-8-6-5-7-19(22)13-14-24(28)33-30/h5-16,30,33H,4,17-18H2,1-3H3/t30-/m1/s1. The van der Waals surface area contributed by atoms with Crippen LogP contribution in [0.3, 0.4) is 0 Å². The lowest BCUT2D eigenvalue weighted by molar-refractivity contribution is -0.118. The van der Waals surface area contributed by atoms with E-state index in [4.69, 9.17) is 9.15 Å². The monoisotopic (exact) mass is 491 g/mol. The number of anilines is 1. The average Bonchev–Trinajstić information content (AvgIpc) is 3.37. The first kappa shape index (κ1) is 23.3. The van der Waals surface area contributed by atoms with Gasteiger partial charge in [-0.2, -0.15) is 0 Å². The topological polar surface area (TPSA) is 68.5 Å². The lowest BCUT2D eigenvalue weighted by atomic mass is 9.68. The summed E-state index contributed by atoms with van der Waals surface area (Å²) in [6.45, 7) is 6.46. The van der Waals surface area contributed by atoms with E-state index in [1.807, 2.05) is 30.3 Å². The molecule has 0 fully saturated rings. The van der Waals surface area contributed by atoms with Gasteiger partial charge in [-0.15, -0.1) is 0 Å². The molecule has 0 radical (unpaired) electrons. The van der Waals surface area contributed by atoms with Gasteiger partial charge in [-0.25, -0.2) is 4.79 Å². The summed E-state index contributed by atoms with van der Waals surface area (Å²) in [6, 6.07) is 23.3. The molecule has 37 heavy (non-hydrogen) atoms. The Morgan fingerprint density at radius 2 is 1.78 bits per heavy atom. The van der Waals surface area contributed by atoms with Gasteiger partial charge in [0.2, 0.25) is 0 Å². The highest BCUT2D eigenvalue weighted by Crippen LogP contribution is 2.52. The molecule has 0 bridgehead atoms. The Kier molecular flexibility index (Phi) is 5.52. The second-order valence-electron chi connectivity index (χ2n) is 10.6. The normalized spacial score (nSPS) is 18.2. The number of furan rings is 1. The van der Waals surface area contributed by atoms with E-state index in [-0.39, 0.29) is 23.2 Å². The predicted molar refractivity (Wildman–Crippen MR) is 145 cm³/mol. The van der Waals surface area contributed by atoms with Crippen molar-refractivity contribution in [2.45, 2.75) is 39.7 Å². The molecule has 5 nitrogen and oxygen atoms in total. The first-order chi connectivity index (χ1) is 17.8. The maximum absolute atomic E-state index is 13.6. The first-order valence-corrected chi connectivity index (χ1v) is 12.8. The number of allylic oxidation sites excluding steroid dienone is 1. The van der Waals surface area contributed by atoms with Crippen molar-refractivity contribution in [1.29, 1.82) is 0 Å². The number of nitrogens with one attached hydrogen (secondary N) is 1. The maximum atomic E-state index is 13.6. The van der Waals surface area contributed by atoms with E-state index in [1.165, 1.54) is 0 Å². The number of ketones is 1. The second-order valence-corrected chi connectivity index (χ2v) is 10.6. The molecule has 0 spiro atoms. The molecule has 1 aliphatic heterocycles. The van der Waals surface area contributed by atoms with Crippen LogP contribution in [0.4, 0.5) is 5.69 Å². The molecule has 0 amide bonds. The van der Waals surface area contributed by atoms with Crippen molar-refractivity contribution in [1.82, 2.24) is 0 Å². The van der Waals surface area contributed by atoms with Crippen LogP contribution in [0.15, 0.2) is 82.8 Å². The summed E-state index contributed by atoms with van der Waals surface area (Å²) in [5, 5.41) is 5.95. The zero-order chi connectivity index (χ0) is 25.7. The zero-order valence-corrected chi connectivity index (χ0v) is 21.3. The summed E-state index contributed by atoms with van der Waals surface area (Å²) < 4.78 is 11.4. The molecule has 4 aromatic rings. The minimum absolute atomic E-state index is 0.110. The minimum Gasteiger partial charge on any atom is -0.462 e. The van der Waals surface area contributed by atoms with Gasteiger partial charge in [0, 0.05) is 28.8 Å². The number of benzene rings is 3. The average molecular weight is 492 g/mol. The van der Waals surface area contributed by atoms with Crippen molar-refractivity contribution < 1.29 is 18.7 Å². The molecular formula is C32H29NO4. The van der Waals surface area contributed by atoms with Gasteiger partial charge in [-0.05, 0) is 65.4 Å². The fraction of sp³-hybridized carbons (Fsp3) is 0.250. The van der Waals surface area contributed by atoms with Crippen molar-refractivity contribution in [3.05, 3.63) is 95.3 Å². The molecule has 5 heteroatoms. The predicted octanol–water partition coefficient (Wildman–Crippen LogP) is 7.59. The number of ether oxygens (including phenoxy) is 1. The van der Waals surface area contributed by atoms with Crippen LogP contribution in [0, 0.1) is 5.41 Å². The summed E-state index contributed by atoms with van der Waals surface area (Å²) >= 11 is 0. The molecule has 0 saturated heterocycles. The molecule has 0 saturated carbocycles. The van der Waals surface area contributed by atoms with Gasteiger partial charge in [0.05, 0.1) is 12.2 Å². The van der Waals surface area contributed by atoms with Crippen molar-refractivity contribution in [3.63, 3.8) is 0 Å². The molecule has 3 aromatic carbocycles. The zero-order valence-electron chi connectivity index (χ0n) is 21.3. The lowest BCUT2D eigenvalue weighted by Gasteiger charge is -2.39. The molecular weight excluding hydrogens is 462 g/mol. The van der Waals surface area contributed by atoms with Gasteiger partial charge in [0.25, 0.3) is 0 Å². The quantitative estimate of drug-likeness (QED) is 0.298. The Bertz CT molecular complexity index is 1570. The molecule has 1 N–H and O–H groups in total. The van der Waals surface area contributed by atoms with Crippen molar-refractivity contribution in [3.8, 4) is 11.3 Å². The van der Waals surface area contributed by atoms with Gasteiger partial charge in [-0.3, -0.25) is 4.79 Å². The number of fused-ring (bicyclic) bond motifs is 4. The van der Waals surface area contributed by atoms with Gasteiger partial charge in [0.1, 0.15) is 17.6 Å². The Morgan fingerprint density at radius 3 is 2.57 bits per heavy atom. The van der Waals surface area contributed by atoms with Gasteiger partial charge < -0.3 is 14.5 Å². The highest BCUT2D eigenvalue weighted by atomic mass is 16.5. The van der Waals surface area contributed by atoms with Crippen LogP contribution in [-0.2, 0) is 9.53 Å². The first-order valence-electron chi connectivity index (χ1n) is 12.8. The van der Waals surface area contributed by atoms with Crippen molar-refractivity contribution in [2.24, 2.45) is 5.41 Å². The maximum Gasteiger partial charge on any atom is 0.338 e. The minimum atomic E-state index is -0.361. The summed E-state index contributed by atoms with van der Waals surface area (Å²) in [5.41, 5.74) is 5.32. The molecule has 6 rings (SSSR count). The Balaban J connectivity index is 1.42. The van der Waals surface area contributed by atoms with Crippen LogP contribution in [0.1, 0.15) is 61.3 Å². The Morgan fingerprint density at radius 1 is 1.00 bits per heavy atom. The van der Waals surface area contributed by atoms with Crippen LogP contribution >= 0.6 is 0 Å². The molecule has 1 atom stereocenters. The fourth-order valence-corrected chi connectivity index (χ4v) is 5.70. The highest BCUT2D eigenvalue weighted by Gasteiger charge is 2.41. The number of carbonyl (C=O) groups excluding carboxylic acids is 2. The van der Waals surface area contributed by atoms with E-state index < -0.39 is 0 Å². The number of esters is 1. The molecule has 1 aromatic heterocycles. The van der Waals surface area contributed by atoms with Gasteiger partial charge in [-0.1, -0.05) is 56.3 Å². The van der Waals surface area contributed by atoms with Crippen LogP contribution in [0.2, 0.25) is 0 Å². The van der Waals surface area contributed by atoms with Gasteiger partial charge >= 0.3 is 5.97 Å². The third kappa shape index (κ3) is 4.05. The highest BCUT2D eigenvalue weighted by molar-refractivity contribution is 6.12. The van der Waals surface area contributed by atoms with E-state index in [1.54, 1.807) is 19.1 Å². The second kappa shape index (κ2) is 8.77. The van der Waals surface area contributed by atoms with E-state index in [0.29, 0.717) is 30.1 Å². The number of carbonyl (C=O) groups is 2. The van der Waals surface area contributed by atoms with E-state index >= 15 is 0 Å². The summed E-state index contributed by atoms with van der Waals surface area (Å²) in [5.74, 6) is 1.20. The molecule has 186 valence electrons. The lowest BCUT2D eigenvalue weighted by Crippen LogP contribution is -2.33. The third-order valence-electron chi connectivity index (χ3n) is 7.33. The number of hydrogen-bond donors (Lipinski definition) is 1. The third-order valence-corrected chi connectivity index (χ3v) is 7.33. The number of hydrogen-bond acceptors (Lipinski definition) is 5. The fourth-order valence-electron chi connectivity index (χ4n) is 5.70. The molecule has 1 aliphatic carbocycles. The van der Waals surface area contributed by atoms with E-state index in [2.05, 4.69) is 49.5 Å². The van der Waals surface area contributed by atoms with Crippen LogP contribution in [0.5, 0.6) is 0 Å². The van der Waals surface area contributed by atoms with Gasteiger partial charge in [0.15, 0.2) is 5.78 Å². The van der Waals surface area contributed by atoms with E-state index in [9.17, 15) is 9.59 Å². The smallest absolute Gasteiger partial charge is 0.338 e. The summed E-state index contributed by atoms with van der Waals surface area (Å²) in [4.78, 5) is 25.6. The van der Waals surface area contributed by atoms with Crippen LogP contribution in [-0.4, -0.2) is 18.4 Å². The Labute approximate surface area is 216 Å². The largest absolute Gasteiger partial charge is 0.462 e.